The molecule has 112 valence electrons. The molecular weight excluding hydrogens is 268 g/mol. The quantitative estimate of drug-likeness (QED) is 0.823. The Morgan fingerprint density at radius 1 is 1.43 bits per heavy atom. The summed E-state index contributed by atoms with van der Waals surface area (Å²) in [5, 5.41) is 10.1. The molecule has 0 aliphatic carbocycles. The lowest BCUT2D eigenvalue weighted by Crippen LogP contribution is -2.36. The summed E-state index contributed by atoms with van der Waals surface area (Å²) in [6.07, 6.45) is 1.11. The average Bonchev–Trinajstić information content (AvgIpc) is 3.12. The first-order chi connectivity index (χ1) is 10.2. The van der Waals surface area contributed by atoms with Gasteiger partial charge in [-0.15, -0.1) is 0 Å². The van der Waals surface area contributed by atoms with Crippen molar-refractivity contribution < 1.29 is 0 Å². The molecule has 2 saturated heterocycles. The molecule has 21 heavy (non-hydrogen) atoms. The van der Waals surface area contributed by atoms with E-state index in [9.17, 15) is 4.79 Å². The molecule has 0 amide bonds. The monoisotopic (exact) mass is 288 g/mol. The van der Waals surface area contributed by atoms with Crippen molar-refractivity contribution in [1.29, 1.82) is 0 Å². The van der Waals surface area contributed by atoms with Crippen LogP contribution in [0.4, 0.5) is 5.82 Å². The van der Waals surface area contributed by atoms with Gasteiger partial charge in [-0.2, -0.15) is 5.10 Å². The van der Waals surface area contributed by atoms with Crippen molar-refractivity contribution in [1.82, 2.24) is 24.9 Å². The third-order valence-electron chi connectivity index (χ3n) is 4.99. The highest BCUT2D eigenvalue weighted by Crippen LogP contribution is 2.36. The third kappa shape index (κ3) is 1.80. The van der Waals surface area contributed by atoms with E-state index in [1.807, 2.05) is 13.0 Å². The van der Waals surface area contributed by atoms with E-state index in [0.29, 0.717) is 29.3 Å². The van der Waals surface area contributed by atoms with Gasteiger partial charge >= 0.3 is 5.69 Å². The highest BCUT2D eigenvalue weighted by Gasteiger charge is 2.43. The maximum Gasteiger partial charge on any atom is 0.349 e. The van der Waals surface area contributed by atoms with Crippen molar-refractivity contribution in [2.45, 2.75) is 26.3 Å². The first-order valence-electron chi connectivity index (χ1n) is 7.61. The number of nitrogens with one attached hydrogen (secondary N) is 2. The fraction of sp³-hybridized carbons (Fsp3) is 0.643. The molecule has 0 spiro atoms. The summed E-state index contributed by atoms with van der Waals surface area (Å²) in [5.74, 6) is 3.04. The topological polar surface area (TPSA) is 78.3 Å². The number of H-pyrrole nitrogens is 1. The lowest BCUT2D eigenvalue weighted by molar-refractivity contribution is 0.441. The molecule has 0 aromatic carbocycles. The van der Waals surface area contributed by atoms with E-state index in [1.54, 1.807) is 0 Å². The lowest BCUT2D eigenvalue weighted by atomic mass is 9.93. The number of fused-ring (bicyclic) bond motifs is 2. The first kappa shape index (κ1) is 12.8. The highest BCUT2D eigenvalue weighted by atomic mass is 16.1. The van der Waals surface area contributed by atoms with Gasteiger partial charge in [0.2, 0.25) is 0 Å². The number of aromatic amines is 1. The molecule has 2 aromatic rings. The van der Waals surface area contributed by atoms with Crippen molar-refractivity contribution in [2.24, 2.45) is 11.8 Å². The van der Waals surface area contributed by atoms with Gasteiger partial charge in [-0.3, -0.25) is 0 Å². The summed E-state index contributed by atoms with van der Waals surface area (Å²) >= 11 is 0. The standard InChI is InChI=1S/C14H20N6O/c1-3-11-10-6-15-5-9(10)7-19(11)12-4-13-17-18-14(21)20(13)8(2)16-12/h4,9-11,15H,3,5-7H2,1-2H3,(H,18,21). The van der Waals surface area contributed by atoms with Gasteiger partial charge in [-0.1, -0.05) is 6.92 Å². The Morgan fingerprint density at radius 2 is 2.29 bits per heavy atom. The Balaban J connectivity index is 1.78. The van der Waals surface area contributed by atoms with E-state index in [1.165, 1.54) is 4.40 Å². The van der Waals surface area contributed by atoms with Gasteiger partial charge in [-0.05, 0) is 25.2 Å². The van der Waals surface area contributed by atoms with Crippen LogP contribution in [-0.2, 0) is 0 Å². The number of hydrogen-bond donors (Lipinski definition) is 2. The number of anilines is 1. The molecular formula is C14H20N6O. The van der Waals surface area contributed by atoms with Crippen LogP contribution in [0.1, 0.15) is 19.2 Å². The van der Waals surface area contributed by atoms with Crippen LogP contribution >= 0.6 is 0 Å². The van der Waals surface area contributed by atoms with Crippen molar-refractivity contribution in [3.8, 4) is 0 Å². The van der Waals surface area contributed by atoms with Crippen LogP contribution < -0.4 is 15.9 Å². The summed E-state index contributed by atoms with van der Waals surface area (Å²) in [6.45, 7) is 7.33. The molecule has 4 rings (SSSR count). The summed E-state index contributed by atoms with van der Waals surface area (Å²) in [6, 6.07) is 2.44. The van der Waals surface area contributed by atoms with Crippen LogP contribution in [0.15, 0.2) is 10.9 Å². The summed E-state index contributed by atoms with van der Waals surface area (Å²) in [7, 11) is 0. The molecule has 0 radical (unpaired) electrons. The van der Waals surface area contributed by atoms with E-state index in [-0.39, 0.29) is 5.69 Å². The highest BCUT2D eigenvalue weighted by molar-refractivity contribution is 5.53. The van der Waals surface area contributed by atoms with Crippen LogP contribution in [0.5, 0.6) is 0 Å². The van der Waals surface area contributed by atoms with Crippen LogP contribution in [-0.4, -0.2) is 45.3 Å². The first-order valence-corrected chi connectivity index (χ1v) is 7.61. The predicted molar refractivity (Wildman–Crippen MR) is 79.6 cm³/mol. The zero-order valence-electron chi connectivity index (χ0n) is 12.3. The van der Waals surface area contributed by atoms with Crippen LogP contribution in [0, 0.1) is 18.8 Å². The number of rotatable bonds is 2. The molecule has 3 atom stereocenters. The van der Waals surface area contributed by atoms with E-state index in [2.05, 4.69) is 32.3 Å². The number of aromatic nitrogens is 4. The van der Waals surface area contributed by atoms with Gasteiger partial charge in [0.05, 0.1) is 0 Å². The molecule has 0 saturated carbocycles. The van der Waals surface area contributed by atoms with Gasteiger partial charge in [0.1, 0.15) is 11.6 Å². The molecule has 4 heterocycles. The summed E-state index contributed by atoms with van der Waals surface area (Å²) < 4.78 is 1.52. The fourth-order valence-electron chi connectivity index (χ4n) is 4.04. The number of nitrogens with zero attached hydrogens (tertiary/aromatic N) is 4. The molecule has 2 N–H and O–H groups in total. The van der Waals surface area contributed by atoms with Gasteiger partial charge in [0.25, 0.3) is 0 Å². The van der Waals surface area contributed by atoms with Crippen molar-refractivity contribution in [3.05, 3.63) is 22.4 Å². The Morgan fingerprint density at radius 3 is 3.10 bits per heavy atom. The Labute approximate surface area is 122 Å². The number of aryl methyl sites for hydroxylation is 1. The minimum atomic E-state index is -0.226. The second-order valence-electron chi connectivity index (χ2n) is 6.09. The van der Waals surface area contributed by atoms with Crippen LogP contribution in [0.25, 0.3) is 5.65 Å². The molecule has 2 fully saturated rings. The average molecular weight is 288 g/mol. The van der Waals surface area contributed by atoms with Crippen molar-refractivity contribution >= 4 is 11.5 Å². The summed E-state index contributed by atoms with van der Waals surface area (Å²) in [5.41, 5.74) is 0.420. The molecule has 7 heteroatoms. The Hall–Kier alpha value is -1.89. The molecule has 2 aromatic heterocycles. The van der Waals surface area contributed by atoms with Crippen LogP contribution in [0.3, 0.4) is 0 Å². The smallest absolute Gasteiger partial charge is 0.349 e. The fourth-order valence-corrected chi connectivity index (χ4v) is 4.04. The largest absolute Gasteiger partial charge is 0.353 e. The van der Waals surface area contributed by atoms with Gasteiger partial charge in [0.15, 0.2) is 5.65 Å². The lowest BCUT2D eigenvalue weighted by Gasteiger charge is -2.28. The zero-order valence-corrected chi connectivity index (χ0v) is 12.3. The molecule has 0 bridgehead atoms. The molecule has 3 unspecified atom stereocenters. The molecule has 2 aliphatic heterocycles. The summed E-state index contributed by atoms with van der Waals surface area (Å²) in [4.78, 5) is 18.8. The molecule has 2 aliphatic rings. The van der Waals surface area contributed by atoms with Crippen molar-refractivity contribution in [2.75, 3.05) is 24.5 Å². The Kier molecular flexibility index (Phi) is 2.78. The second-order valence-corrected chi connectivity index (χ2v) is 6.09. The van der Waals surface area contributed by atoms with E-state index in [0.717, 1.165) is 31.9 Å². The molecule has 7 nitrogen and oxygen atoms in total. The second kappa shape index (κ2) is 4.56. The number of hydrogen-bond acceptors (Lipinski definition) is 5. The predicted octanol–water partition coefficient (Wildman–Crippen LogP) is 0.160. The van der Waals surface area contributed by atoms with E-state index < -0.39 is 0 Å². The zero-order chi connectivity index (χ0) is 14.6. The van der Waals surface area contributed by atoms with Crippen LogP contribution in [0.2, 0.25) is 0 Å². The SMILES string of the molecule is CCC1C2CNCC2CN1c1cc2n[nH]c(=O)n2c(C)n1. The minimum absolute atomic E-state index is 0.226. The normalized spacial score (nSPS) is 28.5. The van der Waals surface area contributed by atoms with Crippen molar-refractivity contribution in [3.63, 3.8) is 0 Å². The third-order valence-corrected chi connectivity index (χ3v) is 4.99. The minimum Gasteiger partial charge on any atom is -0.353 e. The Bertz CT molecular complexity index is 735. The maximum absolute atomic E-state index is 11.7. The van der Waals surface area contributed by atoms with Gasteiger partial charge in [0, 0.05) is 31.7 Å². The van der Waals surface area contributed by atoms with Gasteiger partial charge in [-0.25, -0.2) is 19.3 Å². The van der Waals surface area contributed by atoms with Gasteiger partial charge < -0.3 is 10.2 Å². The maximum atomic E-state index is 11.7. The van der Waals surface area contributed by atoms with E-state index in [4.69, 9.17) is 0 Å². The van der Waals surface area contributed by atoms with E-state index >= 15 is 0 Å².